The summed E-state index contributed by atoms with van der Waals surface area (Å²) in [7, 11) is -6.84. The molecule has 0 aliphatic carbocycles. The lowest BCUT2D eigenvalue weighted by molar-refractivity contribution is -0.00661. The van der Waals surface area contributed by atoms with Crippen LogP contribution in [0, 0.1) is 0 Å². The molecule has 0 aromatic rings. The summed E-state index contributed by atoms with van der Waals surface area (Å²) in [4.78, 5) is 0. The van der Waals surface area contributed by atoms with Crippen molar-refractivity contribution in [2.24, 2.45) is 0 Å². The minimum atomic E-state index is -3.42. The SMILES string of the molecule is CS(=O)(=O)OCCOCCOCCOCCOCCOS(C)(=O)=O. The van der Waals surface area contributed by atoms with Gasteiger partial charge in [0, 0.05) is 0 Å². The first-order chi connectivity index (χ1) is 11.2. The van der Waals surface area contributed by atoms with E-state index in [9.17, 15) is 16.8 Å². The summed E-state index contributed by atoms with van der Waals surface area (Å²) < 4.78 is 72.2. The first-order valence-electron chi connectivity index (χ1n) is 7.20. The first kappa shape index (κ1) is 23.7. The van der Waals surface area contributed by atoms with Crippen molar-refractivity contribution in [3.05, 3.63) is 0 Å². The van der Waals surface area contributed by atoms with Crippen molar-refractivity contribution >= 4 is 20.2 Å². The van der Waals surface area contributed by atoms with Crippen LogP contribution in [0.5, 0.6) is 0 Å². The molecular formula is C12H26O10S2. The van der Waals surface area contributed by atoms with Gasteiger partial charge in [0.25, 0.3) is 20.2 Å². The standard InChI is InChI=1S/C12H26O10S2/c1-23(13,14)21-11-9-19-7-5-17-3-4-18-6-8-20-10-12-22-24(2,15)16/h3-12H2,1-2H3. The molecule has 0 bridgehead atoms. The molecule has 10 nitrogen and oxygen atoms in total. The lowest BCUT2D eigenvalue weighted by Crippen LogP contribution is -2.15. The third-order valence-electron chi connectivity index (χ3n) is 2.17. The summed E-state index contributed by atoms with van der Waals surface area (Å²) in [6.45, 7) is 2.48. The third kappa shape index (κ3) is 21.7. The fraction of sp³-hybridized carbons (Fsp3) is 1.00. The Labute approximate surface area is 143 Å². The van der Waals surface area contributed by atoms with Gasteiger partial charge in [-0.2, -0.15) is 16.8 Å². The molecule has 0 aromatic heterocycles. The van der Waals surface area contributed by atoms with Crippen LogP contribution in [0.2, 0.25) is 0 Å². The Bertz CT molecular complexity index is 442. The number of hydrogen-bond donors (Lipinski definition) is 0. The van der Waals surface area contributed by atoms with E-state index >= 15 is 0 Å². The molecule has 0 N–H and O–H groups in total. The van der Waals surface area contributed by atoms with Gasteiger partial charge in [0.15, 0.2) is 0 Å². The van der Waals surface area contributed by atoms with Crippen molar-refractivity contribution in [2.45, 2.75) is 0 Å². The van der Waals surface area contributed by atoms with Gasteiger partial charge in [-0.1, -0.05) is 0 Å². The van der Waals surface area contributed by atoms with Crippen LogP contribution in [-0.2, 0) is 47.5 Å². The third-order valence-corrected chi connectivity index (χ3v) is 3.36. The molecule has 0 radical (unpaired) electrons. The second-order valence-corrected chi connectivity index (χ2v) is 7.79. The molecule has 0 aromatic carbocycles. The van der Waals surface area contributed by atoms with Gasteiger partial charge < -0.3 is 18.9 Å². The Morgan fingerprint density at radius 3 is 0.875 bits per heavy atom. The average molecular weight is 394 g/mol. The van der Waals surface area contributed by atoms with Crippen molar-refractivity contribution in [3.63, 3.8) is 0 Å². The largest absolute Gasteiger partial charge is 0.377 e. The lowest BCUT2D eigenvalue weighted by atomic mass is 10.7. The van der Waals surface area contributed by atoms with Gasteiger partial charge >= 0.3 is 0 Å². The monoisotopic (exact) mass is 394 g/mol. The maximum Gasteiger partial charge on any atom is 0.264 e. The van der Waals surface area contributed by atoms with Crippen LogP contribution in [0.25, 0.3) is 0 Å². The highest BCUT2D eigenvalue weighted by Crippen LogP contribution is 1.88. The summed E-state index contributed by atoms with van der Waals surface area (Å²) >= 11 is 0. The highest BCUT2D eigenvalue weighted by atomic mass is 32.2. The van der Waals surface area contributed by atoms with Crippen LogP contribution in [-0.4, -0.2) is 95.4 Å². The lowest BCUT2D eigenvalue weighted by Gasteiger charge is -2.07. The Kier molecular flexibility index (Phi) is 13.7. The summed E-state index contributed by atoms with van der Waals surface area (Å²) in [5, 5.41) is 0. The zero-order valence-corrected chi connectivity index (χ0v) is 15.6. The summed E-state index contributed by atoms with van der Waals surface area (Å²) in [5.41, 5.74) is 0. The molecule has 0 aliphatic rings. The van der Waals surface area contributed by atoms with Crippen LogP contribution >= 0.6 is 0 Å². The second-order valence-electron chi connectivity index (χ2n) is 4.50. The summed E-state index contributed by atoms with van der Waals surface area (Å²) in [6.07, 6.45) is 1.95. The van der Waals surface area contributed by atoms with E-state index in [1.807, 2.05) is 0 Å². The van der Waals surface area contributed by atoms with Gasteiger partial charge in [-0.25, -0.2) is 0 Å². The maximum atomic E-state index is 10.6. The van der Waals surface area contributed by atoms with Crippen molar-refractivity contribution in [3.8, 4) is 0 Å². The molecule has 24 heavy (non-hydrogen) atoms. The fourth-order valence-corrected chi connectivity index (χ4v) is 1.99. The Hall–Kier alpha value is -0.340. The minimum Gasteiger partial charge on any atom is -0.377 e. The molecule has 0 fully saturated rings. The van der Waals surface area contributed by atoms with Gasteiger partial charge in [-0.15, -0.1) is 0 Å². The maximum absolute atomic E-state index is 10.6. The van der Waals surface area contributed by atoms with Gasteiger partial charge in [-0.05, 0) is 0 Å². The molecule has 12 heteroatoms. The molecule has 0 rings (SSSR count). The number of rotatable bonds is 17. The average Bonchev–Trinajstić information content (AvgIpc) is 2.44. The van der Waals surface area contributed by atoms with E-state index in [1.54, 1.807) is 0 Å². The highest BCUT2D eigenvalue weighted by Gasteiger charge is 2.01. The quantitative estimate of drug-likeness (QED) is 0.224. The van der Waals surface area contributed by atoms with Crippen molar-refractivity contribution in [2.75, 3.05) is 78.6 Å². The summed E-state index contributed by atoms with van der Waals surface area (Å²) in [5.74, 6) is 0. The van der Waals surface area contributed by atoms with Crippen LogP contribution in [0.15, 0.2) is 0 Å². The van der Waals surface area contributed by atoms with Gasteiger partial charge in [0.2, 0.25) is 0 Å². The van der Waals surface area contributed by atoms with E-state index in [0.29, 0.717) is 39.6 Å². The second kappa shape index (κ2) is 13.9. The Morgan fingerprint density at radius 2 is 0.667 bits per heavy atom. The fourth-order valence-electron chi connectivity index (χ4n) is 1.25. The van der Waals surface area contributed by atoms with Crippen molar-refractivity contribution in [1.82, 2.24) is 0 Å². The smallest absolute Gasteiger partial charge is 0.264 e. The Morgan fingerprint density at radius 1 is 0.458 bits per heavy atom. The highest BCUT2D eigenvalue weighted by molar-refractivity contribution is 7.86. The predicted molar refractivity (Wildman–Crippen MR) is 84.9 cm³/mol. The summed E-state index contributed by atoms with van der Waals surface area (Å²) in [6, 6.07) is 0. The molecule has 146 valence electrons. The predicted octanol–water partition coefficient (Wildman–Crippen LogP) is -0.995. The number of ether oxygens (including phenoxy) is 4. The van der Waals surface area contributed by atoms with E-state index in [2.05, 4.69) is 8.37 Å². The van der Waals surface area contributed by atoms with E-state index in [4.69, 9.17) is 18.9 Å². The molecule has 0 spiro atoms. The van der Waals surface area contributed by atoms with Crippen LogP contribution < -0.4 is 0 Å². The van der Waals surface area contributed by atoms with Crippen LogP contribution in [0.3, 0.4) is 0 Å². The molecule has 0 saturated heterocycles. The van der Waals surface area contributed by atoms with Crippen molar-refractivity contribution < 1.29 is 44.1 Å². The zero-order valence-electron chi connectivity index (χ0n) is 14.0. The van der Waals surface area contributed by atoms with Gasteiger partial charge in [-0.3, -0.25) is 8.37 Å². The molecular weight excluding hydrogens is 368 g/mol. The first-order valence-corrected chi connectivity index (χ1v) is 10.8. The van der Waals surface area contributed by atoms with Crippen LogP contribution in [0.1, 0.15) is 0 Å². The molecule has 0 heterocycles. The molecule has 0 atom stereocenters. The topological polar surface area (TPSA) is 124 Å². The number of hydrogen-bond acceptors (Lipinski definition) is 10. The molecule has 0 unspecified atom stereocenters. The molecule has 0 amide bonds. The van der Waals surface area contributed by atoms with E-state index in [-0.39, 0.29) is 26.4 Å². The minimum absolute atomic E-state index is 0.0167. The van der Waals surface area contributed by atoms with E-state index in [1.165, 1.54) is 0 Å². The van der Waals surface area contributed by atoms with Gasteiger partial charge in [0.1, 0.15) is 0 Å². The van der Waals surface area contributed by atoms with Crippen LogP contribution in [0.4, 0.5) is 0 Å². The van der Waals surface area contributed by atoms with Crippen molar-refractivity contribution in [1.29, 1.82) is 0 Å². The zero-order chi connectivity index (χ0) is 18.3. The molecule has 0 aliphatic heterocycles. The normalized spacial score (nSPS) is 12.6. The van der Waals surface area contributed by atoms with E-state index < -0.39 is 20.2 Å². The van der Waals surface area contributed by atoms with Gasteiger partial charge in [0.05, 0.1) is 78.6 Å². The molecule has 0 saturated carbocycles. The van der Waals surface area contributed by atoms with E-state index in [0.717, 1.165) is 12.5 Å². The Balaban J connectivity index is 3.13.